The molecule has 2 heterocycles. The van der Waals surface area contributed by atoms with Gasteiger partial charge in [0.1, 0.15) is 17.7 Å². The van der Waals surface area contributed by atoms with Gasteiger partial charge in [-0.3, -0.25) is 9.59 Å². The van der Waals surface area contributed by atoms with Crippen molar-refractivity contribution in [2.24, 2.45) is 0 Å². The third kappa shape index (κ3) is 2.53. The number of amides is 2. The maximum atomic E-state index is 12.0. The predicted molar refractivity (Wildman–Crippen MR) is 68.9 cm³/mol. The summed E-state index contributed by atoms with van der Waals surface area (Å²) in [5, 5.41) is 2.35. The van der Waals surface area contributed by atoms with Gasteiger partial charge < -0.3 is 14.6 Å². The first-order valence-electron chi connectivity index (χ1n) is 5.89. The van der Waals surface area contributed by atoms with E-state index in [-0.39, 0.29) is 29.0 Å². The highest BCUT2D eigenvalue weighted by molar-refractivity contribution is 8.01. The third-order valence-electron chi connectivity index (χ3n) is 2.72. The van der Waals surface area contributed by atoms with Crippen molar-refractivity contribution in [1.29, 1.82) is 0 Å². The number of furan rings is 1. The number of nitrogens with zero attached hydrogens (tertiary/aromatic N) is 1. The monoisotopic (exact) mass is 268 g/mol. The molecule has 98 valence electrons. The molecule has 6 heteroatoms. The SMILES string of the molecule is CCNC(=O)CN1C(=O)[C@@H](C)S[C@H]1c1ccco1. The normalized spacial score (nSPS) is 23.4. The van der Waals surface area contributed by atoms with Gasteiger partial charge in [0.2, 0.25) is 11.8 Å². The first-order chi connectivity index (χ1) is 8.63. The van der Waals surface area contributed by atoms with E-state index in [1.54, 1.807) is 17.2 Å². The van der Waals surface area contributed by atoms with E-state index in [9.17, 15) is 9.59 Å². The van der Waals surface area contributed by atoms with Crippen molar-refractivity contribution in [3.63, 3.8) is 0 Å². The second-order valence-corrected chi connectivity index (χ2v) is 5.49. The molecule has 2 atom stereocenters. The van der Waals surface area contributed by atoms with Gasteiger partial charge in [-0.2, -0.15) is 0 Å². The molecule has 1 fully saturated rings. The number of hydrogen-bond acceptors (Lipinski definition) is 4. The van der Waals surface area contributed by atoms with Crippen molar-refractivity contribution in [2.75, 3.05) is 13.1 Å². The summed E-state index contributed by atoms with van der Waals surface area (Å²) >= 11 is 1.50. The van der Waals surface area contributed by atoms with Gasteiger partial charge in [0.05, 0.1) is 11.5 Å². The second kappa shape index (κ2) is 5.48. The van der Waals surface area contributed by atoms with Crippen LogP contribution >= 0.6 is 11.8 Å². The van der Waals surface area contributed by atoms with Gasteiger partial charge in [0.25, 0.3) is 0 Å². The Labute approximate surface area is 110 Å². The van der Waals surface area contributed by atoms with Gasteiger partial charge in [0, 0.05) is 6.54 Å². The molecule has 1 aliphatic heterocycles. The van der Waals surface area contributed by atoms with Crippen LogP contribution in [0.1, 0.15) is 25.0 Å². The average Bonchev–Trinajstić information content (AvgIpc) is 2.93. The molecular weight excluding hydrogens is 252 g/mol. The van der Waals surface area contributed by atoms with Crippen LogP contribution in [0.3, 0.4) is 0 Å². The Bertz CT molecular complexity index is 433. The predicted octanol–water partition coefficient (Wildman–Crippen LogP) is 1.38. The largest absolute Gasteiger partial charge is 0.466 e. The van der Waals surface area contributed by atoms with Crippen molar-refractivity contribution >= 4 is 23.6 Å². The van der Waals surface area contributed by atoms with Gasteiger partial charge in [-0.15, -0.1) is 11.8 Å². The zero-order valence-electron chi connectivity index (χ0n) is 10.4. The van der Waals surface area contributed by atoms with E-state index >= 15 is 0 Å². The van der Waals surface area contributed by atoms with Gasteiger partial charge in [0.15, 0.2) is 0 Å². The van der Waals surface area contributed by atoms with Crippen LogP contribution in [0.25, 0.3) is 0 Å². The van der Waals surface area contributed by atoms with Gasteiger partial charge >= 0.3 is 0 Å². The average molecular weight is 268 g/mol. The maximum absolute atomic E-state index is 12.0. The van der Waals surface area contributed by atoms with E-state index in [1.165, 1.54) is 11.8 Å². The maximum Gasteiger partial charge on any atom is 0.239 e. The van der Waals surface area contributed by atoms with Gasteiger partial charge in [-0.05, 0) is 26.0 Å². The summed E-state index contributed by atoms with van der Waals surface area (Å²) in [5.74, 6) is 0.548. The van der Waals surface area contributed by atoms with Crippen molar-refractivity contribution < 1.29 is 14.0 Å². The van der Waals surface area contributed by atoms with Crippen LogP contribution in [0, 0.1) is 0 Å². The summed E-state index contributed by atoms with van der Waals surface area (Å²) in [6.45, 7) is 4.34. The van der Waals surface area contributed by atoms with Crippen molar-refractivity contribution in [3.05, 3.63) is 24.2 Å². The third-order valence-corrected chi connectivity index (χ3v) is 4.08. The zero-order valence-corrected chi connectivity index (χ0v) is 11.2. The van der Waals surface area contributed by atoms with E-state index < -0.39 is 0 Å². The van der Waals surface area contributed by atoms with Crippen LogP contribution in [0.4, 0.5) is 0 Å². The number of thioether (sulfide) groups is 1. The number of carbonyl (C=O) groups is 2. The van der Waals surface area contributed by atoms with Crippen LogP contribution in [0.15, 0.2) is 22.8 Å². The molecule has 0 aliphatic carbocycles. The Morgan fingerprint density at radius 2 is 2.39 bits per heavy atom. The molecule has 5 nitrogen and oxygen atoms in total. The van der Waals surface area contributed by atoms with Crippen molar-refractivity contribution in [2.45, 2.75) is 24.5 Å². The van der Waals surface area contributed by atoms with Crippen molar-refractivity contribution in [1.82, 2.24) is 10.2 Å². The summed E-state index contributed by atoms with van der Waals surface area (Å²) in [7, 11) is 0. The fourth-order valence-electron chi connectivity index (χ4n) is 1.90. The number of hydrogen-bond donors (Lipinski definition) is 1. The summed E-state index contributed by atoms with van der Waals surface area (Å²) in [6, 6.07) is 3.61. The topological polar surface area (TPSA) is 62.6 Å². The van der Waals surface area contributed by atoms with Crippen LogP contribution < -0.4 is 5.32 Å². The Morgan fingerprint density at radius 1 is 1.61 bits per heavy atom. The minimum Gasteiger partial charge on any atom is -0.466 e. The highest BCUT2D eigenvalue weighted by Gasteiger charge is 2.40. The molecule has 1 aliphatic rings. The molecule has 1 aromatic rings. The summed E-state index contributed by atoms with van der Waals surface area (Å²) in [6.07, 6.45) is 1.58. The van der Waals surface area contributed by atoms with E-state index in [2.05, 4.69) is 5.32 Å². The highest BCUT2D eigenvalue weighted by atomic mass is 32.2. The number of likely N-dealkylation sites (N-methyl/N-ethyl adjacent to an activating group) is 1. The standard InChI is InChI=1S/C12H16N2O3S/c1-3-13-10(15)7-14-11(16)8(2)18-12(14)9-5-4-6-17-9/h4-6,8,12H,3,7H2,1-2H3,(H,13,15)/t8-,12+/m1/s1. The van der Waals surface area contributed by atoms with Crippen LogP contribution in [0.2, 0.25) is 0 Å². The lowest BCUT2D eigenvalue weighted by molar-refractivity contribution is -0.135. The molecule has 18 heavy (non-hydrogen) atoms. The molecule has 2 rings (SSSR count). The van der Waals surface area contributed by atoms with Crippen LogP contribution in [-0.4, -0.2) is 35.1 Å². The molecule has 1 aromatic heterocycles. The number of rotatable bonds is 4. The summed E-state index contributed by atoms with van der Waals surface area (Å²) in [5.41, 5.74) is 0. The molecule has 0 unspecified atom stereocenters. The molecule has 0 radical (unpaired) electrons. The molecule has 0 bridgehead atoms. The first kappa shape index (κ1) is 13.0. The minimum atomic E-state index is -0.204. The molecule has 1 saturated heterocycles. The lowest BCUT2D eigenvalue weighted by atomic mass is 10.3. The fraction of sp³-hybridized carbons (Fsp3) is 0.500. The Morgan fingerprint density at radius 3 is 3.00 bits per heavy atom. The fourth-order valence-corrected chi connectivity index (χ4v) is 3.13. The van der Waals surface area contributed by atoms with E-state index in [0.717, 1.165) is 0 Å². The lowest BCUT2D eigenvalue weighted by Gasteiger charge is -2.21. The molecule has 0 aromatic carbocycles. The minimum absolute atomic E-state index is 0.0207. The smallest absolute Gasteiger partial charge is 0.239 e. The van der Waals surface area contributed by atoms with Gasteiger partial charge in [-0.25, -0.2) is 0 Å². The van der Waals surface area contributed by atoms with E-state index in [4.69, 9.17) is 4.42 Å². The first-order valence-corrected chi connectivity index (χ1v) is 6.83. The quantitative estimate of drug-likeness (QED) is 0.896. The Kier molecular flexibility index (Phi) is 3.96. The molecule has 2 amide bonds. The molecule has 1 N–H and O–H groups in total. The lowest BCUT2D eigenvalue weighted by Crippen LogP contribution is -2.40. The Balaban J connectivity index is 2.13. The van der Waals surface area contributed by atoms with Crippen LogP contribution in [-0.2, 0) is 9.59 Å². The summed E-state index contributed by atoms with van der Waals surface area (Å²) < 4.78 is 5.34. The Hall–Kier alpha value is -1.43. The van der Waals surface area contributed by atoms with E-state index in [0.29, 0.717) is 12.3 Å². The number of carbonyl (C=O) groups excluding carboxylic acids is 2. The number of nitrogens with one attached hydrogen (secondary N) is 1. The summed E-state index contributed by atoms with van der Waals surface area (Å²) in [4.78, 5) is 25.2. The highest BCUT2D eigenvalue weighted by Crippen LogP contribution is 2.42. The van der Waals surface area contributed by atoms with E-state index in [1.807, 2.05) is 19.9 Å². The zero-order chi connectivity index (χ0) is 13.1. The molecular formula is C12H16N2O3S. The van der Waals surface area contributed by atoms with Crippen LogP contribution in [0.5, 0.6) is 0 Å². The van der Waals surface area contributed by atoms with Gasteiger partial charge in [-0.1, -0.05) is 0 Å². The van der Waals surface area contributed by atoms with Crippen molar-refractivity contribution in [3.8, 4) is 0 Å². The molecule has 0 saturated carbocycles. The second-order valence-electron chi connectivity index (χ2n) is 4.07. The molecule has 0 spiro atoms.